The third-order valence-corrected chi connectivity index (χ3v) is 1.86. The topological polar surface area (TPSA) is 77.1 Å². The molecule has 1 atom stereocenters. The van der Waals surface area contributed by atoms with Crippen molar-refractivity contribution < 1.29 is 14.5 Å². The first-order chi connectivity index (χ1) is 6.99. The van der Waals surface area contributed by atoms with Crippen LogP contribution in [-0.4, -0.2) is 37.6 Å². The van der Waals surface area contributed by atoms with Gasteiger partial charge in [-0.1, -0.05) is 12.1 Å². The summed E-state index contributed by atoms with van der Waals surface area (Å²) in [6.07, 6.45) is 0.573. The molecule has 0 saturated carbocycles. The van der Waals surface area contributed by atoms with Gasteiger partial charge in [-0.15, -0.1) is 0 Å². The largest absolute Gasteiger partial charge is 0.394 e. The highest BCUT2D eigenvalue weighted by atomic mass is 16.7. The summed E-state index contributed by atoms with van der Waals surface area (Å²) in [6, 6.07) is 0. The second kappa shape index (κ2) is 7.05. The van der Waals surface area contributed by atoms with Gasteiger partial charge in [0.2, 0.25) is 5.91 Å². The van der Waals surface area contributed by atoms with Gasteiger partial charge >= 0.3 is 0 Å². The van der Waals surface area contributed by atoms with Gasteiger partial charge in [0.1, 0.15) is 12.4 Å². The molecule has 1 unspecified atom stereocenters. The van der Waals surface area contributed by atoms with E-state index in [0.717, 1.165) is 0 Å². The maximum absolute atomic E-state index is 11.5. The molecule has 0 aliphatic heterocycles. The number of carbonyl (C=O) groups excluding carboxylic acids is 1. The fourth-order valence-corrected chi connectivity index (χ4v) is 0.901. The third-order valence-electron chi connectivity index (χ3n) is 1.86. The van der Waals surface area contributed by atoms with E-state index in [1.54, 1.807) is 20.9 Å². The zero-order valence-corrected chi connectivity index (χ0v) is 9.69. The second-order valence-electron chi connectivity index (χ2n) is 3.27. The fourth-order valence-electron chi connectivity index (χ4n) is 0.901. The van der Waals surface area contributed by atoms with Crippen molar-refractivity contribution in [3.05, 3.63) is 0 Å². The van der Waals surface area contributed by atoms with Crippen LogP contribution < -0.4 is 5.73 Å². The van der Waals surface area contributed by atoms with Gasteiger partial charge in [-0.25, -0.2) is 5.06 Å². The molecule has 0 heterocycles. The molecular weight excluding hydrogens is 198 g/mol. The number of amidine groups is 1. The number of hydrogen-bond donors (Lipinski definition) is 1. The number of nitrogens with zero attached hydrogens (tertiary/aromatic N) is 2. The van der Waals surface area contributed by atoms with Crippen molar-refractivity contribution in [2.24, 2.45) is 16.8 Å². The molecule has 0 aliphatic rings. The summed E-state index contributed by atoms with van der Waals surface area (Å²) < 4.78 is 0. The molecule has 0 aromatic heterocycles. The molecule has 0 bridgehead atoms. The van der Waals surface area contributed by atoms with Crippen LogP contribution >= 0.6 is 0 Å². The van der Waals surface area contributed by atoms with Crippen LogP contribution in [0, 0.1) is 5.92 Å². The van der Waals surface area contributed by atoms with Crippen molar-refractivity contribution in [3.8, 4) is 0 Å². The lowest BCUT2D eigenvalue weighted by molar-refractivity contribution is -0.173. The van der Waals surface area contributed by atoms with E-state index in [1.807, 2.05) is 0 Å². The highest BCUT2D eigenvalue weighted by Gasteiger charge is 2.17. The first-order valence-corrected chi connectivity index (χ1v) is 4.72. The summed E-state index contributed by atoms with van der Waals surface area (Å²) in [6.45, 7) is 3.80. The molecule has 88 valence electrons. The first kappa shape index (κ1) is 13.7. The van der Waals surface area contributed by atoms with E-state index in [9.17, 15) is 4.79 Å². The summed E-state index contributed by atoms with van der Waals surface area (Å²) in [5, 5.41) is 4.76. The average molecular weight is 217 g/mol. The number of carbonyl (C=O) groups is 1. The van der Waals surface area contributed by atoms with Gasteiger partial charge in [-0.2, -0.15) is 0 Å². The number of nitrogens with two attached hydrogens (primary N) is 1. The first-order valence-electron chi connectivity index (χ1n) is 4.72. The molecule has 6 nitrogen and oxygen atoms in total. The van der Waals surface area contributed by atoms with Crippen LogP contribution in [0.25, 0.3) is 0 Å². The minimum Gasteiger partial charge on any atom is -0.394 e. The van der Waals surface area contributed by atoms with E-state index in [-0.39, 0.29) is 11.8 Å². The Morgan fingerprint density at radius 2 is 2.20 bits per heavy atom. The third kappa shape index (κ3) is 5.90. The molecule has 0 aromatic rings. The Morgan fingerprint density at radius 1 is 1.60 bits per heavy atom. The van der Waals surface area contributed by atoms with E-state index in [1.165, 1.54) is 12.2 Å². The van der Waals surface area contributed by atoms with Crippen LogP contribution in [0.15, 0.2) is 5.16 Å². The zero-order valence-electron chi connectivity index (χ0n) is 9.69. The van der Waals surface area contributed by atoms with Gasteiger partial charge in [0.25, 0.3) is 0 Å². The molecule has 0 aromatic carbocycles. The zero-order chi connectivity index (χ0) is 11.8. The van der Waals surface area contributed by atoms with Gasteiger partial charge in [0, 0.05) is 13.0 Å². The second-order valence-corrected chi connectivity index (χ2v) is 3.27. The molecule has 2 N–H and O–H groups in total. The highest BCUT2D eigenvalue weighted by molar-refractivity contribution is 5.77. The highest BCUT2D eigenvalue weighted by Crippen LogP contribution is 2.06. The van der Waals surface area contributed by atoms with Crippen molar-refractivity contribution in [2.45, 2.75) is 20.3 Å². The SMILES string of the molecule is CON(C)C(=O)C(C)CCO/N=C(/C)N. The summed E-state index contributed by atoms with van der Waals surface area (Å²) in [5.74, 6) is 0.112. The summed E-state index contributed by atoms with van der Waals surface area (Å²) in [5.41, 5.74) is 5.27. The molecule has 0 rings (SSSR count). The maximum Gasteiger partial charge on any atom is 0.248 e. The van der Waals surface area contributed by atoms with Gasteiger partial charge < -0.3 is 10.6 Å². The van der Waals surface area contributed by atoms with Crippen LogP contribution in [-0.2, 0) is 14.5 Å². The summed E-state index contributed by atoms with van der Waals surface area (Å²) in [7, 11) is 3.02. The monoisotopic (exact) mass is 217 g/mol. The van der Waals surface area contributed by atoms with Crippen molar-refractivity contribution in [1.29, 1.82) is 0 Å². The molecule has 0 spiro atoms. The number of hydroxylamine groups is 2. The Balaban J connectivity index is 3.79. The van der Waals surface area contributed by atoms with Crippen LogP contribution in [0.2, 0.25) is 0 Å². The smallest absolute Gasteiger partial charge is 0.248 e. The van der Waals surface area contributed by atoms with Crippen molar-refractivity contribution in [1.82, 2.24) is 5.06 Å². The summed E-state index contributed by atoms with van der Waals surface area (Å²) in [4.78, 5) is 21.1. The molecule has 1 amide bonds. The van der Waals surface area contributed by atoms with Gasteiger partial charge in [0.15, 0.2) is 0 Å². The van der Waals surface area contributed by atoms with E-state index < -0.39 is 0 Å². The van der Waals surface area contributed by atoms with Crippen LogP contribution in [0.4, 0.5) is 0 Å². The molecule has 0 fully saturated rings. The fraction of sp³-hybridized carbons (Fsp3) is 0.778. The minimum atomic E-state index is -0.164. The van der Waals surface area contributed by atoms with Crippen molar-refractivity contribution >= 4 is 11.7 Å². The Morgan fingerprint density at radius 3 is 2.67 bits per heavy atom. The Labute approximate surface area is 90.0 Å². The Kier molecular flexibility index (Phi) is 6.44. The van der Waals surface area contributed by atoms with E-state index in [2.05, 4.69) is 5.16 Å². The molecule has 0 saturated heterocycles. The van der Waals surface area contributed by atoms with E-state index >= 15 is 0 Å². The predicted molar refractivity (Wildman–Crippen MR) is 56.8 cm³/mol. The van der Waals surface area contributed by atoms with Crippen molar-refractivity contribution in [2.75, 3.05) is 20.8 Å². The van der Waals surface area contributed by atoms with Gasteiger partial charge in [0.05, 0.1) is 7.11 Å². The van der Waals surface area contributed by atoms with Gasteiger partial charge in [-0.05, 0) is 13.3 Å². The molecule has 6 heteroatoms. The summed E-state index contributed by atoms with van der Waals surface area (Å²) >= 11 is 0. The predicted octanol–water partition coefficient (Wildman–Crippen LogP) is 0.341. The molecular formula is C9H19N3O3. The van der Waals surface area contributed by atoms with Crippen molar-refractivity contribution in [3.63, 3.8) is 0 Å². The lowest BCUT2D eigenvalue weighted by Crippen LogP contribution is -2.31. The Bertz CT molecular complexity index is 227. The molecule has 0 radical (unpaired) electrons. The maximum atomic E-state index is 11.5. The van der Waals surface area contributed by atoms with Crippen LogP contribution in [0.5, 0.6) is 0 Å². The Hall–Kier alpha value is -1.30. The lowest BCUT2D eigenvalue weighted by Gasteiger charge is -2.18. The molecule has 15 heavy (non-hydrogen) atoms. The van der Waals surface area contributed by atoms with Gasteiger partial charge in [-0.3, -0.25) is 9.63 Å². The lowest BCUT2D eigenvalue weighted by atomic mass is 10.1. The van der Waals surface area contributed by atoms with E-state index in [4.69, 9.17) is 15.4 Å². The average Bonchev–Trinajstić information content (AvgIpc) is 2.21. The number of rotatable bonds is 6. The standard InChI is InChI=1S/C9H19N3O3/c1-7(9(13)12(3)14-4)5-6-15-11-8(2)10/h7H,5-6H2,1-4H3,(H2,10,11). The van der Waals surface area contributed by atoms with Crippen LogP contribution in [0.1, 0.15) is 20.3 Å². The van der Waals surface area contributed by atoms with Crippen LogP contribution in [0.3, 0.4) is 0 Å². The number of oxime groups is 1. The minimum absolute atomic E-state index is 0.0884. The number of amides is 1. The quantitative estimate of drug-likeness (QED) is 0.301. The number of hydrogen-bond acceptors (Lipinski definition) is 4. The normalized spacial score (nSPS) is 13.5. The molecule has 0 aliphatic carbocycles. The van der Waals surface area contributed by atoms with E-state index in [0.29, 0.717) is 18.9 Å².